The number of aromatic nitrogens is 2. The predicted octanol–water partition coefficient (Wildman–Crippen LogP) is 1.38. The molecule has 1 aliphatic rings. The minimum absolute atomic E-state index is 0.155. The Balaban J connectivity index is 1.61. The lowest BCUT2D eigenvalue weighted by atomic mass is 10.1. The van der Waals surface area contributed by atoms with Gasteiger partial charge in [-0.2, -0.15) is 5.10 Å². The van der Waals surface area contributed by atoms with Crippen molar-refractivity contribution in [3.63, 3.8) is 0 Å². The lowest BCUT2D eigenvalue weighted by molar-refractivity contribution is 0.0608. The molecule has 0 spiro atoms. The summed E-state index contributed by atoms with van der Waals surface area (Å²) in [4.78, 5) is 27.9. The first-order chi connectivity index (χ1) is 11.9. The highest BCUT2D eigenvalue weighted by Gasteiger charge is 2.27. The summed E-state index contributed by atoms with van der Waals surface area (Å²) < 4.78 is 1.37. The van der Waals surface area contributed by atoms with Gasteiger partial charge in [0, 0.05) is 46.0 Å². The van der Waals surface area contributed by atoms with Crippen molar-refractivity contribution in [3.8, 4) is 0 Å². The summed E-state index contributed by atoms with van der Waals surface area (Å²) in [6.07, 6.45) is 1.48. The number of carbonyl (C=O) groups excluding carboxylic acids is 1. The molecule has 2 heterocycles. The number of hydrogen-bond donors (Lipinski definition) is 1. The van der Waals surface area contributed by atoms with Crippen molar-refractivity contribution >= 4 is 11.9 Å². The number of rotatable bonds is 4. The van der Waals surface area contributed by atoms with Gasteiger partial charge in [0.1, 0.15) is 0 Å². The molecule has 1 N–H and O–H groups in total. The Bertz CT molecular complexity index is 774. The molecule has 3 rings (SSSR count). The average molecular weight is 342 g/mol. The second-order valence-corrected chi connectivity index (χ2v) is 6.42. The van der Waals surface area contributed by atoms with Gasteiger partial charge in [-0.05, 0) is 12.5 Å². The molecule has 1 amide bonds. The standard InChI is InChI=1S/C18H22N4O3/c1-13-3-5-14(6-4-13)11-21-7-9-22(10-8-21)17(23)15-12-20(2)19-16(15)18(24)25/h3-6,12H,7-11H2,1-2H3,(H,24,25). The van der Waals surface area contributed by atoms with Crippen LogP contribution in [0.2, 0.25) is 0 Å². The van der Waals surface area contributed by atoms with Crippen LogP contribution in [0, 0.1) is 6.92 Å². The Labute approximate surface area is 146 Å². The van der Waals surface area contributed by atoms with Gasteiger partial charge < -0.3 is 10.0 Å². The maximum absolute atomic E-state index is 12.6. The van der Waals surface area contributed by atoms with E-state index >= 15 is 0 Å². The third-order valence-electron chi connectivity index (χ3n) is 4.45. The lowest BCUT2D eigenvalue weighted by Gasteiger charge is -2.34. The van der Waals surface area contributed by atoms with E-state index in [0.29, 0.717) is 13.1 Å². The topological polar surface area (TPSA) is 78.7 Å². The summed E-state index contributed by atoms with van der Waals surface area (Å²) in [6.45, 7) is 5.62. The first-order valence-electron chi connectivity index (χ1n) is 8.28. The molecule has 0 unspecified atom stereocenters. The maximum atomic E-state index is 12.6. The number of aryl methyl sites for hydroxylation is 2. The fraction of sp³-hybridized carbons (Fsp3) is 0.389. The van der Waals surface area contributed by atoms with E-state index in [1.54, 1.807) is 11.9 Å². The highest BCUT2D eigenvalue weighted by molar-refractivity contribution is 6.03. The van der Waals surface area contributed by atoms with Gasteiger partial charge in [-0.25, -0.2) is 4.79 Å². The third-order valence-corrected chi connectivity index (χ3v) is 4.45. The van der Waals surface area contributed by atoms with Crippen LogP contribution in [0.5, 0.6) is 0 Å². The van der Waals surface area contributed by atoms with Gasteiger partial charge in [0.05, 0.1) is 5.56 Å². The zero-order valence-electron chi connectivity index (χ0n) is 14.5. The second-order valence-electron chi connectivity index (χ2n) is 6.42. The second kappa shape index (κ2) is 7.06. The summed E-state index contributed by atoms with van der Waals surface area (Å²) in [5.74, 6) is -1.44. The van der Waals surface area contributed by atoms with Gasteiger partial charge in [0.25, 0.3) is 5.91 Å². The van der Waals surface area contributed by atoms with Crippen molar-refractivity contribution in [1.29, 1.82) is 0 Å². The number of benzene rings is 1. The van der Waals surface area contributed by atoms with Gasteiger partial charge in [0.2, 0.25) is 0 Å². The zero-order chi connectivity index (χ0) is 18.0. The van der Waals surface area contributed by atoms with Crippen LogP contribution >= 0.6 is 0 Å². The van der Waals surface area contributed by atoms with Crippen molar-refractivity contribution in [1.82, 2.24) is 19.6 Å². The van der Waals surface area contributed by atoms with E-state index in [2.05, 4.69) is 41.2 Å². The number of carboxylic acid groups (broad SMARTS) is 1. The molecule has 7 nitrogen and oxygen atoms in total. The van der Waals surface area contributed by atoms with Gasteiger partial charge in [-0.1, -0.05) is 29.8 Å². The molecule has 2 aromatic rings. The van der Waals surface area contributed by atoms with Crippen LogP contribution in [0.1, 0.15) is 32.0 Å². The summed E-state index contributed by atoms with van der Waals surface area (Å²) >= 11 is 0. The van der Waals surface area contributed by atoms with E-state index in [-0.39, 0.29) is 17.2 Å². The molecule has 1 saturated heterocycles. The Hall–Kier alpha value is -2.67. The van der Waals surface area contributed by atoms with E-state index in [0.717, 1.165) is 19.6 Å². The van der Waals surface area contributed by atoms with Crippen LogP contribution in [-0.4, -0.2) is 62.7 Å². The van der Waals surface area contributed by atoms with E-state index in [1.807, 2.05) is 0 Å². The van der Waals surface area contributed by atoms with Crippen molar-refractivity contribution in [2.75, 3.05) is 26.2 Å². The quantitative estimate of drug-likeness (QED) is 0.908. The largest absolute Gasteiger partial charge is 0.476 e. The van der Waals surface area contributed by atoms with E-state index in [9.17, 15) is 14.7 Å². The van der Waals surface area contributed by atoms with Gasteiger partial charge >= 0.3 is 5.97 Å². The number of nitrogens with zero attached hydrogens (tertiary/aromatic N) is 4. The average Bonchev–Trinajstić information content (AvgIpc) is 2.99. The molecule has 1 fully saturated rings. The lowest BCUT2D eigenvalue weighted by Crippen LogP contribution is -2.48. The number of carboxylic acids is 1. The molecule has 1 aromatic carbocycles. The van der Waals surface area contributed by atoms with Gasteiger partial charge in [-0.3, -0.25) is 14.4 Å². The summed E-state index contributed by atoms with van der Waals surface area (Å²) in [6, 6.07) is 8.46. The number of piperazine rings is 1. The molecule has 0 saturated carbocycles. The smallest absolute Gasteiger partial charge is 0.357 e. The van der Waals surface area contributed by atoms with E-state index < -0.39 is 5.97 Å². The zero-order valence-corrected chi connectivity index (χ0v) is 14.5. The third kappa shape index (κ3) is 3.88. The highest BCUT2D eigenvalue weighted by Crippen LogP contribution is 2.14. The number of hydrogen-bond acceptors (Lipinski definition) is 4. The molecule has 0 aliphatic carbocycles. The molecule has 0 bridgehead atoms. The predicted molar refractivity (Wildman–Crippen MR) is 92.5 cm³/mol. The van der Waals surface area contributed by atoms with Crippen LogP contribution in [0.4, 0.5) is 0 Å². The van der Waals surface area contributed by atoms with Crippen LogP contribution in [-0.2, 0) is 13.6 Å². The molecule has 0 atom stereocenters. The summed E-state index contributed by atoms with van der Waals surface area (Å²) in [7, 11) is 1.61. The normalized spacial score (nSPS) is 15.4. The Morgan fingerprint density at radius 3 is 2.36 bits per heavy atom. The molecule has 1 aliphatic heterocycles. The van der Waals surface area contributed by atoms with E-state index in [1.165, 1.54) is 22.0 Å². The molecular weight excluding hydrogens is 320 g/mol. The molecule has 1 aromatic heterocycles. The monoisotopic (exact) mass is 342 g/mol. The number of amides is 1. The minimum Gasteiger partial charge on any atom is -0.476 e. The summed E-state index contributed by atoms with van der Waals surface area (Å²) in [5.41, 5.74) is 2.47. The molecule has 0 radical (unpaired) electrons. The van der Waals surface area contributed by atoms with Crippen molar-refractivity contribution in [2.24, 2.45) is 7.05 Å². The van der Waals surface area contributed by atoms with Crippen molar-refractivity contribution < 1.29 is 14.7 Å². The molecule has 7 heteroatoms. The van der Waals surface area contributed by atoms with Crippen molar-refractivity contribution in [2.45, 2.75) is 13.5 Å². The first-order valence-corrected chi connectivity index (χ1v) is 8.28. The fourth-order valence-corrected chi connectivity index (χ4v) is 3.03. The van der Waals surface area contributed by atoms with E-state index in [4.69, 9.17) is 0 Å². The minimum atomic E-state index is -1.18. The Morgan fingerprint density at radius 2 is 1.76 bits per heavy atom. The van der Waals surface area contributed by atoms with Crippen LogP contribution < -0.4 is 0 Å². The Kier molecular flexibility index (Phi) is 4.85. The van der Waals surface area contributed by atoms with Crippen molar-refractivity contribution in [3.05, 3.63) is 52.8 Å². The van der Waals surface area contributed by atoms with Crippen LogP contribution in [0.3, 0.4) is 0 Å². The summed E-state index contributed by atoms with van der Waals surface area (Å²) in [5, 5.41) is 13.1. The Morgan fingerprint density at radius 1 is 1.12 bits per heavy atom. The fourth-order valence-electron chi connectivity index (χ4n) is 3.03. The highest BCUT2D eigenvalue weighted by atomic mass is 16.4. The van der Waals surface area contributed by atoms with Crippen LogP contribution in [0.25, 0.3) is 0 Å². The number of aromatic carboxylic acids is 1. The maximum Gasteiger partial charge on any atom is 0.357 e. The number of carbonyl (C=O) groups is 2. The molecule has 25 heavy (non-hydrogen) atoms. The van der Waals surface area contributed by atoms with Gasteiger partial charge in [-0.15, -0.1) is 0 Å². The van der Waals surface area contributed by atoms with Gasteiger partial charge in [0.15, 0.2) is 5.69 Å². The molecule has 132 valence electrons. The van der Waals surface area contributed by atoms with Crippen LogP contribution in [0.15, 0.2) is 30.5 Å². The SMILES string of the molecule is Cc1ccc(CN2CCN(C(=O)c3cn(C)nc3C(=O)O)CC2)cc1. The first kappa shape index (κ1) is 17.2. The molecular formula is C18H22N4O3.